The van der Waals surface area contributed by atoms with Crippen molar-refractivity contribution >= 4 is 28.5 Å². The number of hydrogen-bond donors (Lipinski definition) is 1. The summed E-state index contributed by atoms with van der Waals surface area (Å²) in [7, 11) is 0. The molecule has 2 aliphatic heterocycles. The van der Waals surface area contributed by atoms with E-state index < -0.39 is 12.1 Å². The smallest absolute Gasteiger partial charge is 0.475 e. The van der Waals surface area contributed by atoms with Crippen LogP contribution in [0.3, 0.4) is 0 Å². The maximum Gasteiger partial charge on any atom is 0.490 e. The first kappa shape index (κ1) is 25.2. The van der Waals surface area contributed by atoms with Crippen LogP contribution in [0.4, 0.5) is 18.9 Å². The summed E-state index contributed by atoms with van der Waals surface area (Å²) in [6.45, 7) is 7.54. The minimum absolute atomic E-state index is 0.146. The first-order valence-electron chi connectivity index (χ1n) is 11.4. The Morgan fingerprint density at radius 2 is 1.61 bits per heavy atom. The molecular weight excluding hydrogens is 477 g/mol. The summed E-state index contributed by atoms with van der Waals surface area (Å²) in [6.07, 6.45) is -2.40. The van der Waals surface area contributed by atoms with Gasteiger partial charge in [-0.05, 0) is 44.0 Å². The molecule has 36 heavy (non-hydrogen) atoms. The maximum atomic E-state index is 13.2. The molecule has 8 nitrogen and oxygen atoms in total. The molecule has 1 aromatic carbocycles. The average Bonchev–Trinajstić information content (AvgIpc) is 3.24. The van der Waals surface area contributed by atoms with E-state index in [-0.39, 0.29) is 11.3 Å². The van der Waals surface area contributed by atoms with Crippen LogP contribution < -0.4 is 10.3 Å². The van der Waals surface area contributed by atoms with Gasteiger partial charge < -0.3 is 19.5 Å². The van der Waals surface area contributed by atoms with Crippen LogP contribution in [-0.2, 0) is 17.8 Å². The van der Waals surface area contributed by atoms with Gasteiger partial charge in [0.05, 0.1) is 5.52 Å². The monoisotopic (exact) mass is 502 g/mol. The van der Waals surface area contributed by atoms with Crippen LogP contribution in [0, 0.1) is 13.8 Å². The molecule has 0 aliphatic carbocycles. The SMILES string of the molecule is Cc1cc(N2CCN(C(=O)c3cn4c5c(cccc5c3=O)CC4)CC2)cc(C)n1.O=C(O)C(F)(F)F. The predicted molar refractivity (Wildman–Crippen MR) is 127 cm³/mol. The number of pyridine rings is 2. The Balaban J connectivity index is 0.000000384. The number of aromatic nitrogens is 2. The first-order valence-corrected chi connectivity index (χ1v) is 11.4. The zero-order chi connectivity index (χ0) is 26.2. The largest absolute Gasteiger partial charge is 0.490 e. The number of hydrogen-bond acceptors (Lipinski definition) is 5. The van der Waals surface area contributed by atoms with Crippen molar-refractivity contribution in [1.29, 1.82) is 0 Å². The fraction of sp³-hybridized carbons (Fsp3) is 0.360. The lowest BCUT2D eigenvalue weighted by atomic mass is 10.1. The number of carbonyl (C=O) groups excluding carboxylic acids is 1. The first-order chi connectivity index (χ1) is 17.0. The lowest BCUT2D eigenvalue weighted by Crippen LogP contribution is -2.49. The Bertz CT molecular complexity index is 1370. The fourth-order valence-electron chi connectivity index (χ4n) is 4.64. The summed E-state index contributed by atoms with van der Waals surface area (Å²) in [6, 6.07) is 9.99. The van der Waals surface area contributed by atoms with E-state index in [1.54, 1.807) is 6.20 Å². The lowest BCUT2D eigenvalue weighted by molar-refractivity contribution is -0.192. The van der Waals surface area contributed by atoms with Gasteiger partial charge in [0.2, 0.25) is 5.43 Å². The summed E-state index contributed by atoms with van der Waals surface area (Å²) in [4.78, 5) is 43.6. The van der Waals surface area contributed by atoms with Crippen LogP contribution >= 0.6 is 0 Å². The molecule has 2 aliphatic rings. The Labute approximate surface area is 204 Å². The van der Waals surface area contributed by atoms with Crippen molar-refractivity contribution in [3.05, 3.63) is 69.3 Å². The van der Waals surface area contributed by atoms with E-state index in [2.05, 4.69) is 32.7 Å². The van der Waals surface area contributed by atoms with E-state index in [4.69, 9.17) is 9.90 Å². The standard InChI is InChI=1S/C23H24N4O2.C2HF3O2/c1-15-12-18(13-16(2)24-15)25-8-10-26(11-9-25)23(29)20-14-27-7-6-17-4-3-5-19(21(17)27)22(20)28;3-2(4,5)1(6)7/h3-5,12-14H,6-11H2,1-2H3;(H,6,7). The Kier molecular flexibility index (Phi) is 6.75. The van der Waals surface area contributed by atoms with Crippen molar-refractivity contribution in [2.45, 2.75) is 33.0 Å². The third kappa shape index (κ3) is 5.05. The van der Waals surface area contributed by atoms with Gasteiger partial charge in [0.15, 0.2) is 0 Å². The highest BCUT2D eigenvalue weighted by Gasteiger charge is 2.38. The quantitative estimate of drug-likeness (QED) is 0.579. The summed E-state index contributed by atoms with van der Waals surface area (Å²) in [5, 5.41) is 7.78. The van der Waals surface area contributed by atoms with E-state index in [0.29, 0.717) is 24.0 Å². The summed E-state index contributed by atoms with van der Waals surface area (Å²) in [5.41, 5.74) is 5.47. The molecule has 190 valence electrons. The Hall–Kier alpha value is -3.89. The molecule has 0 atom stereocenters. The molecule has 0 bridgehead atoms. The number of anilines is 1. The number of para-hydroxylation sites is 1. The second-order valence-corrected chi connectivity index (χ2v) is 8.82. The minimum Gasteiger partial charge on any atom is -0.475 e. The number of amides is 1. The molecule has 11 heteroatoms. The number of carbonyl (C=O) groups is 2. The second kappa shape index (κ2) is 9.63. The fourth-order valence-corrected chi connectivity index (χ4v) is 4.64. The summed E-state index contributed by atoms with van der Waals surface area (Å²) in [5.74, 6) is -2.91. The minimum atomic E-state index is -5.08. The summed E-state index contributed by atoms with van der Waals surface area (Å²) < 4.78 is 33.8. The van der Waals surface area contributed by atoms with Crippen LogP contribution in [0.15, 0.2) is 41.3 Å². The molecule has 0 radical (unpaired) electrons. The zero-order valence-electron chi connectivity index (χ0n) is 19.8. The summed E-state index contributed by atoms with van der Waals surface area (Å²) >= 11 is 0. The highest BCUT2D eigenvalue weighted by molar-refractivity contribution is 5.98. The maximum absolute atomic E-state index is 13.2. The van der Waals surface area contributed by atoms with E-state index in [0.717, 1.165) is 48.6 Å². The van der Waals surface area contributed by atoms with Crippen LogP contribution in [0.25, 0.3) is 10.9 Å². The average molecular weight is 502 g/mol. The second-order valence-electron chi connectivity index (χ2n) is 8.82. The molecular formula is C25H25F3N4O4. The molecule has 4 heterocycles. The predicted octanol–water partition coefficient (Wildman–Crippen LogP) is 3.17. The molecule has 0 unspecified atom stereocenters. The molecule has 0 spiro atoms. The molecule has 1 fully saturated rings. The number of aliphatic carboxylic acids is 1. The molecule has 3 aromatic rings. The van der Waals surface area contributed by atoms with Gasteiger partial charge in [0.25, 0.3) is 5.91 Å². The third-order valence-electron chi connectivity index (χ3n) is 6.27. The van der Waals surface area contributed by atoms with Gasteiger partial charge in [-0.25, -0.2) is 4.79 Å². The van der Waals surface area contributed by atoms with E-state index in [1.807, 2.05) is 30.9 Å². The number of nitrogens with zero attached hydrogens (tertiary/aromatic N) is 4. The van der Waals surface area contributed by atoms with Crippen molar-refractivity contribution in [2.75, 3.05) is 31.1 Å². The third-order valence-corrected chi connectivity index (χ3v) is 6.27. The van der Waals surface area contributed by atoms with Crippen molar-refractivity contribution in [2.24, 2.45) is 0 Å². The van der Waals surface area contributed by atoms with Crippen molar-refractivity contribution in [3.63, 3.8) is 0 Å². The van der Waals surface area contributed by atoms with Gasteiger partial charge in [-0.3, -0.25) is 14.6 Å². The van der Waals surface area contributed by atoms with Gasteiger partial charge in [0, 0.05) is 61.4 Å². The number of carboxylic acid groups (broad SMARTS) is 1. The number of halogens is 3. The number of carboxylic acids is 1. The van der Waals surface area contributed by atoms with E-state index >= 15 is 0 Å². The Morgan fingerprint density at radius 1 is 1.00 bits per heavy atom. The van der Waals surface area contributed by atoms with Crippen LogP contribution in [0.2, 0.25) is 0 Å². The zero-order valence-corrected chi connectivity index (χ0v) is 19.8. The van der Waals surface area contributed by atoms with Crippen molar-refractivity contribution in [1.82, 2.24) is 14.5 Å². The van der Waals surface area contributed by atoms with Gasteiger partial charge >= 0.3 is 12.1 Å². The highest BCUT2D eigenvalue weighted by Crippen LogP contribution is 2.25. The van der Waals surface area contributed by atoms with Crippen molar-refractivity contribution in [3.8, 4) is 0 Å². The Morgan fingerprint density at radius 3 is 2.19 bits per heavy atom. The van der Waals surface area contributed by atoms with Gasteiger partial charge in [0.1, 0.15) is 5.56 Å². The van der Waals surface area contributed by atoms with Crippen LogP contribution in [0.5, 0.6) is 0 Å². The molecule has 1 saturated heterocycles. The molecule has 1 N–H and O–H groups in total. The number of piperazine rings is 1. The van der Waals surface area contributed by atoms with Gasteiger partial charge in [-0.15, -0.1) is 0 Å². The van der Waals surface area contributed by atoms with E-state index in [1.165, 1.54) is 5.56 Å². The van der Waals surface area contributed by atoms with Crippen LogP contribution in [-0.4, -0.2) is 63.8 Å². The molecule has 2 aromatic heterocycles. The lowest BCUT2D eigenvalue weighted by Gasteiger charge is -2.36. The molecule has 5 rings (SSSR count). The molecule has 1 amide bonds. The normalized spacial score (nSPS) is 15.0. The molecule has 0 saturated carbocycles. The number of alkyl halides is 3. The number of aryl methyl sites for hydroxylation is 4. The highest BCUT2D eigenvalue weighted by atomic mass is 19.4. The van der Waals surface area contributed by atoms with Crippen molar-refractivity contribution < 1.29 is 27.9 Å². The van der Waals surface area contributed by atoms with Gasteiger partial charge in [-0.2, -0.15) is 13.2 Å². The van der Waals surface area contributed by atoms with E-state index in [9.17, 15) is 22.8 Å². The number of rotatable bonds is 2. The van der Waals surface area contributed by atoms with Gasteiger partial charge in [-0.1, -0.05) is 12.1 Å². The topological polar surface area (TPSA) is 95.7 Å². The number of benzene rings is 1. The van der Waals surface area contributed by atoms with Crippen LogP contribution in [0.1, 0.15) is 27.3 Å².